The molecule has 0 saturated carbocycles. The Morgan fingerprint density at radius 1 is 1.26 bits per heavy atom. The molecule has 3 rings (SSSR count). The summed E-state index contributed by atoms with van der Waals surface area (Å²) in [7, 11) is 3.10. The number of para-hydroxylation sites is 1. The number of nitrogens with zero attached hydrogens (tertiary/aromatic N) is 5. The summed E-state index contributed by atoms with van der Waals surface area (Å²) in [6.07, 6.45) is 0.319. The molecule has 0 fully saturated rings. The molecule has 0 atom stereocenters. The van der Waals surface area contributed by atoms with Gasteiger partial charge < -0.3 is 4.74 Å². The first-order valence-electron chi connectivity index (χ1n) is 9.03. The highest BCUT2D eigenvalue weighted by atomic mass is 16.5. The average Bonchev–Trinajstić information content (AvgIpc) is 3.07. The number of benzene rings is 1. The van der Waals surface area contributed by atoms with Gasteiger partial charge in [0.25, 0.3) is 5.56 Å². The number of hydrogen-bond acceptors (Lipinski definition) is 6. The van der Waals surface area contributed by atoms with Gasteiger partial charge in [-0.25, -0.2) is 0 Å². The number of aromatic nitrogens is 4. The van der Waals surface area contributed by atoms with E-state index >= 15 is 0 Å². The van der Waals surface area contributed by atoms with E-state index in [2.05, 4.69) is 28.9 Å². The topological polar surface area (TPSA) is 81.7 Å². The molecule has 0 bridgehead atoms. The molecule has 2 aromatic heterocycles. The van der Waals surface area contributed by atoms with E-state index < -0.39 is 0 Å². The number of carbonyl (C=O) groups excluding carboxylic acids is 1. The SMILES string of the molecule is COC(=O)CCN(Cc1nnc2n(C)c(=O)c3ccccc3n12)CC(C)C. The highest BCUT2D eigenvalue weighted by Gasteiger charge is 2.18. The van der Waals surface area contributed by atoms with Crippen LogP contribution in [-0.2, 0) is 23.1 Å². The van der Waals surface area contributed by atoms with Crippen LogP contribution in [0.25, 0.3) is 16.7 Å². The molecule has 2 heterocycles. The average molecular weight is 371 g/mol. The Labute approximate surface area is 157 Å². The molecular weight excluding hydrogens is 346 g/mol. The van der Waals surface area contributed by atoms with Crippen molar-refractivity contribution in [2.75, 3.05) is 20.2 Å². The van der Waals surface area contributed by atoms with Gasteiger partial charge in [-0.2, -0.15) is 0 Å². The van der Waals surface area contributed by atoms with E-state index in [9.17, 15) is 9.59 Å². The number of hydrogen-bond donors (Lipinski definition) is 0. The summed E-state index contributed by atoms with van der Waals surface area (Å²) in [5.74, 6) is 1.44. The van der Waals surface area contributed by atoms with Crippen molar-refractivity contribution in [2.24, 2.45) is 13.0 Å². The van der Waals surface area contributed by atoms with Gasteiger partial charge >= 0.3 is 5.97 Å². The third-order valence-corrected chi connectivity index (χ3v) is 4.54. The third-order valence-electron chi connectivity index (χ3n) is 4.54. The number of carbonyl (C=O) groups is 1. The van der Waals surface area contributed by atoms with Crippen LogP contribution < -0.4 is 5.56 Å². The van der Waals surface area contributed by atoms with Crippen LogP contribution in [0.1, 0.15) is 26.1 Å². The monoisotopic (exact) mass is 371 g/mol. The number of aryl methyl sites for hydroxylation is 1. The number of methoxy groups -OCH3 is 1. The zero-order valence-electron chi connectivity index (χ0n) is 16.2. The summed E-state index contributed by atoms with van der Waals surface area (Å²) in [6.45, 7) is 6.18. The van der Waals surface area contributed by atoms with Crippen molar-refractivity contribution in [1.82, 2.24) is 24.1 Å². The number of rotatable bonds is 7. The quantitative estimate of drug-likeness (QED) is 0.587. The van der Waals surface area contributed by atoms with Gasteiger partial charge in [0.15, 0.2) is 5.82 Å². The Balaban J connectivity index is 2.02. The lowest BCUT2D eigenvalue weighted by Crippen LogP contribution is -2.31. The highest BCUT2D eigenvalue weighted by Crippen LogP contribution is 2.15. The zero-order chi connectivity index (χ0) is 19.6. The van der Waals surface area contributed by atoms with E-state index in [0.717, 1.165) is 17.9 Å². The largest absolute Gasteiger partial charge is 0.469 e. The molecule has 0 spiro atoms. The van der Waals surface area contributed by atoms with Crippen molar-refractivity contribution in [3.63, 3.8) is 0 Å². The fourth-order valence-electron chi connectivity index (χ4n) is 3.30. The number of ether oxygens (including phenoxy) is 1. The van der Waals surface area contributed by atoms with Gasteiger partial charge in [0.1, 0.15) is 0 Å². The Morgan fingerprint density at radius 2 is 2.00 bits per heavy atom. The molecule has 8 nitrogen and oxygen atoms in total. The molecule has 0 aliphatic rings. The standard InChI is InChI=1S/C19H25N5O3/c1-13(2)11-23(10-9-17(25)27-4)12-16-20-21-19-22(3)18(26)14-7-5-6-8-15(14)24(16)19/h5-8,13H,9-12H2,1-4H3. The van der Waals surface area contributed by atoms with E-state index in [4.69, 9.17) is 4.74 Å². The number of esters is 1. The summed E-state index contributed by atoms with van der Waals surface area (Å²) in [6, 6.07) is 7.46. The molecule has 1 aromatic carbocycles. The third kappa shape index (κ3) is 3.85. The van der Waals surface area contributed by atoms with Crippen molar-refractivity contribution < 1.29 is 9.53 Å². The zero-order valence-corrected chi connectivity index (χ0v) is 16.2. The predicted octanol–water partition coefficient (Wildman–Crippen LogP) is 1.60. The molecular formula is C19H25N5O3. The fourth-order valence-corrected chi connectivity index (χ4v) is 3.30. The maximum Gasteiger partial charge on any atom is 0.306 e. The van der Waals surface area contributed by atoms with Crippen molar-refractivity contribution in [3.8, 4) is 0 Å². The first-order valence-corrected chi connectivity index (χ1v) is 9.03. The van der Waals surface area contributed by atoms with Crippen LogP contribution in [0.15, 0.2) is 29.1 Å². The van der Waals surface area contributed by atoms with Crippen LogP contribution in [0.2, 0.25) is 0 Å². The highest BCUT2D eigenvalue weighted by molar-refractivity contribution is 5.80. The lowest BCUT2D eigenvalue weighted by molar-refractivity contribution is -0.141. The van der Waals surface area contributed by atoms with E-state index in [0.29, 0.717) is 36.6 Å². The predicted molar refractivity (Wildman–Crippen MR) is 102 cm³/mol. The van der Waals surface area contributed by atoms with Gasteiger partial charge in [-0.15, -0.1) is 10.2 Å². The van der Waals surface area contributed by atoms with E-state index in [1.54, 1.807) is 7.05 Å². The van der Waals surface area contributed by atoms with Crippen LogP contribution in [-0.4, -0.2) is 50.2 Å². The van der Waals surface area contributed by atoms with Gasteiger partial charge in [-0.1, -0.05) is 26.0 Å². The Bertz CT molecular complexity index is 1020. The molecule has 3 aromatic rings. The summed E-state index contributed by atoms with van der Waals surface area (Å²) >= 11 is 0. The summed E-state index contributed by atoms with van der Waals surface area (Å²) < 4.78 is 8.19. The van der Waals surface area contributed by atoms with E-state index in [1.165, 1.54) is 11.7 Å². The van der Waals surface area contributed by atoms with E-state index in [1.807, 2.05) is 28.7 Å². The molecule has 0 aliphatic carbocycles. The van der Waals surface area contributed by atoms with Crippen LogP contribution in [0.5, 0.6) is 0 Å². The normalized spacial score (nSPS) is 11.8. The summed E-state index contributed by atoms with van der Waals surface area (Å²) in [4.78, 5) is 26.3. The smallest absolute Gasteiger partial charge is 0.306 e. The van der Waals surface area contributed by atoms with Crippen molar-refractivity contribution >= 4 is 22.6 Å². The maximum atomic E-state index is 12.5. The molecule has 8 heteroatoms. The minimum absolute atomic E-state index is 0.0956. The van der Waals surface area contributed by atoms with Crippen molar-refractivity contribution in [1.29, 1.82) is 0 Å². The number of fused-ring (bicyclic) bond motifs is 3. The second-order valence-corrected chi connectivity index (χ2v) is 7.09. The lowest BCUT2D eigenvalue weighted by Gasteiger charge is -2.23. The maximum absolute atomic E-state index is 12.5. The van der Waals surface area contributed by atoms with Crippen molar-refractivity contribution in [3.05, 3.63) is 40.4 Å². The molecule has 0 amide bonds. The minimum Gasteiger partial charge on any atom is -0.469 e. The Morgan fingerprint density at radius 3 is 2.70 bits per heavy atom. The van der Waals surface area contributed by atoms with Gasteiger partial charge in [0.05, 0.1) is 31.0 Å². The second kappa shape index (κ2) is 7.87. The molecule has 0 aliphatic heterocycles. The molecule has 0 saturated heterocycles. The van der Waals surface area contributed by atoms with Crippen LogP contribution in [0.4, 0.5) is 0 Å². The first kappa shape index (κ1) is 19.0. The summed E-state index contributed by atoms with van der Waals surface area (Å²) in [5.41, 5.74) is 0.690. The summed E-state index contributed by atoms with van der Waals surface area (Å²) in [5, 5.41) is 9.19. The van der Waals surface area contributed by atoms with Crippen LogP contribution >= 0.6 is 0 Å². The molecule has 0 radical (unpaired) electrons. The van der Waals surface area contributed by atoms with E-state index in [-0.39, 0.29) is 11.5 Å². The van der Waals surface area contributed by atoms with Gasteiger partial charge in [0.2, 0.25) is 5.78 Å². The second-order valence-electron chi connectivity index (χ2n) is 7.09. The fraction of sp³-hybridized carbons (Fsp3) is 0.474. The van der Waals surface area contributed by atoms with Crippen LogP contribution in [0.3, 0.4) is 0 Å². The molecule has 0 unspecified atom stereocenters. The Hall–Kier alpha value is -2.74. The minimum atomic E-state index is -0.234. The van der Waals surface area contributed by atoms with Crippen molar-refractivity contribution in [2.45, 2.75) is 26.8 Å². The van der Waals surface area contributed by atoms with Gasteiger partial charge in [-0.3, -0.25) is 23.5 Å². The van der Waals surface area contributed by atoms with Gasteiger partial charge in [0, 0.05) is 20.1 Å². The molecule has 144 valence electrons. The Kier molecular flexibility index (Phi) is 5.55. The lowest BCUT2D eigenvalue weighted by atomic mass is 10.2. The first-order chi connectivity index (χ1) is 12.9. The molecule has 0 N–H and O–H groups in total. The van der Waals surface area contributed by atoms with Gasteiger partial charge in [-0.05, 0) is 18.1 Å². The van der Waals surface area contributed by atoms with Crippen LogP contribution in [0, 0.1) is 5.92 Å². The molecule has 27 heavy (non-hydrogen) atoms.